The number of aliphatic hydroxyl groups is 2. The molecule has 1 aromatic carbocycles. The van der Waals surface area contributed by atoms with Crippen LogP contribution in [0.4, 0.5) is 5.69 Å². The van der Waals surface area contributed by atoms with E-state index in [9.17, 15) is 29.7 Å². The molecular formula is C52H78N4O12. The van der Waals surface area contributed by atoms with Crippen LogP contribution < -0.4 is 5.73 Å². The number of carboxylic acid groups (broad SMARTS) is 1. The van der Waals surface area contributed by atoms with Gasteiger partial charge in [0.1, 0.15) is 18.0 Å². The molecule has 0 unspecified atom stereocenters. The molecule has 378 valence electrons. The summed E-state index contributed by atoms with van der Waals surface area (Å²) < 4.78 is 42.3. The summed E-state index contributed by atoms with van der Waals surface area (Å²) in [6.07, 6.45) is 6.29. The maximum atomic E-state index is 14.8. The summed E-state index contributed by atoms with van der Waals surface area (Å²) in [5.41, 5.74) is 6.04. The van der Waals surface area contributed by atoms with Crippen LogP contribution in [0, 0.1) is 41.4 Å². The Kier molecular flexibility index (Phi) is 15.7. The van der Waals surface area contributed by atoms with Crippen molar-refractivity contribution in [3.05, 3.63) is 42.6 Å². The maximum absolute atomic E-state index is 14.8. The smallest absolute Gasteiger partial charge is 0.328 e. The first-order valence-corrected chi connectivity index (χ1v) is 25.3. The molecule has 68 heavy (non-hydrogen) atoms. The number of aliphatic hydroxyl groups excluding tert-OH is 1. The number of hydrogen-bond donors (Lipinski definition) is 4. The first-order valence-electron chi connectivity index (χ1n) is 25.3. The second-order valence-corrected chi connectivity index (χ2v) is 21.3. The molecule has 16 heteroatoms. The molecule has 4 saturated heterocycles. The van der Waals surface area contributed by atoms with E-state index in [1.54, 1.807) is 31.3 Å². The average Bonchev–Trinajstić information content (AvgIpc) is 3.91. The van der Waals surface area contributed by atoms with Crippen LogP contribution in [0.15, 0.2) is 42.6 Å². The van der Waals surface area contributed by atoms with Crippen LogP contribution in [-0.4, -0.2) is 114 Å². The lowest BCUT2D eigenvalue weighted by Crippen LogP contribution is -2.63. The van der Waals surface area contributed by atoms with Gasteiger partial charge in [-0.3, -0.25) is 14.4 Å². The minimum atomic E-state index is -1.52. The van der Waals surface area contributed by atoms with Crippen molar-refractivity contribution in [2.75, 3.05) is 5.73 Å². The molecule has 5 aliphatic heterocycles. The summed E-state index contributed by atoms with van der Waals surface area (Å²) in [6.45, 7) is 19.2. The van der Waals surface area contributed by atoms with E-state index in [1.165, 1.54) is 4.68 Å². The van der Waals surface area contributed by atoms with Crippen molar-refractivity contribution in [3.63, 3.8) is 0 Å². The summed E-state index contributed by atoms with van der Waals surface area (Å²) in [5.74, 6) is -7.17. The molecule has 2 spiro atoms. The normalized spacial score (nSPS) is 38.4. The number of benzene rings is 1. The molecule has 18 atom stereocenters. The van der Waals surface area contributed by atoms with E-state index in [2.05, 4.69) is 24.2 Å². The monoisotopic (exact) mass is 951 g/mol. The van der Waals surface area contributed by atoms with E-state index >= 15 is 0 Å². The molecule has 16 nitrogen and oxygen atoms in total. The first kappa shape index (κ1) is 52.1. The molecule has 1 aromatic heterocycles. The van der Waals surface area contributed by atoms with Crippen LogP contribution in [0.25, 0.3) is 11.3 Å². The van der Waals surface area contributed by atoms with Crippen LogP contribution in [-0.2, 0) is 49.3 Å². The van der Waals surface area contributed by atoms with Gasteiger partial charge >= 0.3 is 11.9 Å². The van der Waals surface area contributed by atoms with Crippen LogP contribution >= 0.6 is 0 Å². The Morgan fingerprint density at radius 1 is 0.956 bits per heavy atom. The first-order chi connectivity index (χ1) is 32.1. The van der Waals surface area contributed by atoms with Gasteiger partial charge in [0.05, 0.1) is 59.9 Å². The lowest BCUT2D eigenvalue weighted by molar-refractivity contribution is -0.409. The van der Waals surface area contributed by atoms with Crippen LogP contribution in [0.5, 0.6) is 0 Å². The highest BCUT2D eigenvalue weighted by molar-refractivity contribution is 5.84. The molecule has 0 amide bonds. The summed E-state index contributed by atoms with van der Waals surface area (Å²) in [5, 5.41) is 41.5. The molecule has 5 aliphatic rings. The van der Waals surface area contributed by atoms with Crippen LogP contribution in [0.2, 0.25) is 0 Å². The lowest BCUT2D eigenvalue weighted by atomic mass is 9.72. The van der Waals surface area contributed by atoms with Gasteiger partial charge in [-0.2, -0.15) is 0 Å². The van der Waals surface area contributed by atoms with Gasteiger partial charge in [0, 0.05) is 41.3 Å². The third-order valence-electron chi connectivity index (χ3n) is 16.7. The van der Waals surface area contributed by atoms with Gasteiger partial charge in [-0.05, 0) is 108 Å². The molecule has 6 heterocycles. The zero-order valence-corrected chi connectivity index (χ0v) is 41.8. The fourth-order valence-corrected chi connectivity index (χ4v) is 12.1. The molecule has 5 N–H and O–H groups in total. The third kappa shape index (κ3) is 10.2. The predicted octanol–water partition coefficient (Wildman–Crippen LogP) is 7.28. The molecule has 0 bridgehead atoms. The fraction of sp³-hybridized carbons (Fsp3) is 0.750. The third-order valence-corrected chi connectivity index (χ3v) is 16.7. The number of nitrogens with zero attached hydrogens (tertiary/aromatic N) is 3. The van der Waals surface area contributed by atoms with Gasteiger partial charge in [0.2, 0.25) is 5.79 Å². The van der Waals surface area contributed by atoms with Gasteiger partial charge in [0.15, 0.2) is 11.9 Å². The van der Waals surface area contributed by atoms with Crippen molar-refractivity contribution in [2.45, 2.75) is 205 Å². The largest absolute Gasteiger partial charge is 0.481 e. The van der Waals surface area contributed by atoms with Gasteiger partial charge in [-0.15, -0.1) is 5.10 Å². The Balaban J connectivity index is 1.13. The quantitative estimate of drug-likeness (QED) is 0.0737. The number of aromatic nitrogens is 3. The number of nitrogen functional groups attached to an aromatic ring is 1. The SMILES string of the molecule is CC[C@@H](C(=O)[C@@H](C)[C@@H](O)[C@H](C)[C@@H]1O[C@@H]([C@@H](CC)C(=O)O)CC[C@@H]1C)[C@H]1O[C@]2(C=C[C@@H](OC(=O)Cn3cc(-c4cccc(N)c4)nn3)[C@]3(CC[C@@](C)([C@H]4CC[C@](O)(CC)[C@H](C)O4)O3)O2)[C@H](C)C[C@@H]1C. The minimum Gasteiger partial charge on any atom is -0.481 e. The van der Waals surface area contributed by atoms with Crippen molar-refractivity contribution < 1.29 is 58.1 Å². The van der Waals surface area contributed by atoms with Gasteiger partial charge in [-0.1, -0.05) is 72.7 Å². The van der Waals surface area contributed by atoms with E-state index in [1.807, 2.05) is 66.7 Å². The number of carbonyl (C=O) groups is 3. The highest BCUT2D eigenvalue weighted by Crippen LogP contribution is 2.55. The zero-order chi connectivity index (χ0) is 49.5. The Morgan fingerprint density at radius 3 is 2.35 bits per heavy atom. The number of carbonyl (C=O) groups excluding carboxylic acids is 2. The van der Waals surface area contributed by atoms with Crippen LogP contribution in [0.3, 0.4) is 0 Å². The molecular weight excluding hydrogens is 873 g/mol. The van der Waals surface area contributed by atoms with Gasteiger partial charge < -0.3 is 49.5 Å². The Morgan fingerprint density at radius 2 is 1.69 bits per heavy atom. The van der Waals surface area contributed by atoms with E-state index in [4.69, 9.17) is 34.2 Å². The van der Waals surface area contributed by atoms with Crippen molar-refractivity contribution in [1.82, 2.24) is 15.0 Å². The van der Waals surface area contributed by atoms with Crippen LogP contribution in [0.1, 0.15) is 133 Å². The number of esters is 1. The number of nitrogens with two attached hydrogens (primary N) is 1. The second-order valence-electron chi connectivity index (χ2n) is 21.3. The number of Topliss-reactive ketones (excluding diaryl/α,β-unsaturated/α-hetero) is 1. The van der Waals surface area contributed by atoms with Gasteiger partial charge in [-0.25, -0.2) is 4.68 Å². The molecule has 4 fully saturated rings. The van der Waals surface area contributed by atoms with Crippen molar-refractivity contribution in [1.29, 1.82) is 0 Å². The average molecular weight is 951 g/mol. The summed E-state index contributed by atoms with van der Waals surface area (Å²) in [7, 11) is 0. The second kappa shape index (κ2) is 20.5. The lowest BCUT2D eigenvalue weighted by Gasteiger charge is -2.54. The van der Waals surface area contributed by atoms with E-state index in [-0.39, 0.29) is 36.2 Å². The number of ether oxygens (including phenoxy) is 6. The summed E-state index contributed by atoms with van der Waals surface area (Å²) in [4.78, 5) is 40.7. The zero-order valence-electron chi connectivity index (χ0n) is 41.8. The number of ketones is 1. The van der Waals surface area contributed by atoms with Crippen molar-refractivity contribution in [3.8, 4) is 11.3 Å². The number of carboxylic acids is 1. The molecule has 0 saturated carbocycles. The topological polar surface area (TPSA) is 224 Å². The summed E-state index contributed by atoms with van der Waals surface area (Å²) >= 11 is 0. The molecule has 7 rings (SSSR count). The number of rotatable bonds is 16. The Labute approximate surface area is 402 Å². The molecule has 0 radical (unpaired) electrons. The maximum Gasteiger partial charge on any atom is 0.328 e. The fourth-order valence-electron chi connectivity index (χ4n) is 12.1. The Bertz CT molecular complexity index is 2130. The highest BCUT2D eigenvalue weighted by atomic mass is 16.8. The predicted molar refractivity (Wildman–Crippen MR) is 252 cm³/mol. The highest BCUT2D eigenvalue weighted by Gasteiger charge is 2.64. The van der Waals surface area contributed by atoms with E-state index in [0.717, 1.165) is 12.0 Å². The molecule has 0 aliphatic carbocycles. The standard InChI is InChI=1S/C52H78N4O12/c1-11-37(48(60)61)40-18-17-29(4)46(64-40)33(8)44(58)32(7)45(59)38(12-2)47-30(5)25-31(6)51(66-47)22-20-42(65-43(57)28-56-27-39(54-55-56)35-15-14-16-36(53)26-35)52(68-51)24-23-49(10,67-52)41-19-21-50(62,13-3)34(9)63-41/h14-16,20,22,26-27,29-34,37-38,40-42,44,46-47,58,62H,11-13,17-19,21,23-25,28,53H2,1-10H3,(H,60,61)/t29-,30-,31+,32-,33-,34-,37+,38-,40+,41+,42+,44+,46+,47-,49-,50+,51-,52-/m0/s1. The van der Waals surface area contributed by atoms with E-state index in [0.29, 0.717) is 69.2 Å². The number of hydrogen-bond acceptors (Lipinski definition) is 14. The van der Waals surface area contributed by atoms with E-state index < -0.39 is 95.0 Å². The van der Waals surface area contributed by atoms with Crippen molar-refractivity contribution in [2.24, 2.45) is 41.4 Å². The summed E-state index contributed by atoms with van der Waals surface area (Å²) in [6, 6.07) is 7.24. The molecule has 2 aromatic rings. The minimum absolute atomic E-state index is 0.0663. The number of aliphatic carboxylic acids is 1. The van der Waals surface area contributed by atoms with Gasteiger partial charge in [0.25, 0.3) is 0 Å². The van der Waals surface area contributed by atoms with Crippen molar-refractivity contribution >= 4 is 23.4 Å². The Hall–Kier alpha value is -3.77. The number of anilines is 1.